The molecule has 0 aromatic rings. The summed E-state index contributed by atoms with van der Waals surface area (Å²) in [7, 11) is -4.75. The Morgan fingerprint density at radius 1 is 0.407 bits per heavy atom. The number of hydrogen-bond acceptors (Lipinski definition) is 6. The van der Waals surface area contributed by atoms with Crippen LogP contribution in [0.15, 0.2) is 0 Å². The van der Waals surface area contributed by atoms with Crippen molar-refractivity contribution in [1.82, 2.24) is 0 Å². The highest BCUT2D eigenvalue weighted by Gasteiger charge is 2.23. The molecule has 0 heterocycles. The summed E-state index contributed by atoms with van der Waals surface area (Å²) in [5.41, 5.74) is 0. The lowest BCUT2D eigenvalue weighted by Crippen LogP contribution is -2.29. The Labute approximate surface area is 334 Å². The van der Waals surface area contributed by atoms with E-state index in [1.165, 1.54) is 193 Å². The Morgan fingerprint density at radius 3 is 0.944 bits per heavy atom. The van der Waals surface area contributed by atoms with Gasteiger partial charge in [0, 0.05) is 12.8 Å². The van der Waals surface area contributed by atoms with E-state index >= 15 is 0 Å². The fourth-order valence-electron chi connectivity index (χ4n) is 7.14. The molecule has 0 aliphatic rings. The van der Waals surface area contributed by atoms with Gasteiger partial charge >= 0.3 is 19.8 Å². The van der Waals surface area contributed by atoms with E-state index in [4.69, 9.17) is 19.3 Å². The van der Waals surface area contributed by atoms with Gasteiger partial charge in [-0.2, -0.15) is 0 Å². The molecule has 9 heteroatoms. The molecule has 322 valence electrons. The van der Waals surface area contributed by atoms with Crippen LogP contribution < -0.4 is 0 Å². The highest BCUT2D eigenvalue weighted by Crippen LogP contribution is 2.36. The van der Waals surface area contributed by atoms with Crippen LogP contribution in [0, 0.1) is 0 Å². The molecule has 0 spiro atoms. The van der Waals surface area contributed by atoms with Crippen LogP contribution in [0.2, 0.25) is 0 Å². The summed E-state index contributed by atoms with van der Waals surface area (Å²) in [6.45, 7) is 3.73. The quantitative estimate of drug-likeness (QED) is 0.0356. The van der Waals surface area contributed by atoms with Gasteiger partial charge in [0.05, 0.1) is 6.61 Å². The number of hydrogen-bond donors (Lipinski definition) is 2. The second-order valence-electron chi connectivity index (χ2n) is 16.1. The van der Waals surface area contributed by atoms with E-state index in [9.17, 15) is 14.2 Å². The van der Waals surface area contributed by atoms with Crippen LogP contribution in [0.5, 0.6) is 0 Å². The maximum atomic E-state index is 12.4. The minimum absolute atomic E-state index is 0.220. The summed E-state index contributed by atoms with van der Waals surface area (Å²) in [5, 5.41) is 0. The molecule has 0 radical (unpaired) electrons. The molecule has 0 unspecified atom stereocenters. The predicted molar refractivity (Wildman–Crippen MR) is 226 cm³/mol. The van der Waals surface area contributed by atoms with E-state index in [-0.39, 0.29) is 19.4 Å². The largest absolute Gasteiger partial charge is 0.469 e. The first-order valence-electron chi connectivity index (χ1n) is 23.3. The summed E-state index contributed by atoms with van der Waals surface area (Å²) >= 11 is 0. The second-order valence-corrected chi connectivity index (χ2v) is 17.3. The standard InChI is InChI=1S/C45H89O8P/c1-3-5-7-9-11-13-15-17-19-20-21-22-23-24-26-27-29-31-33-35-37-39-44(46)51-41-43(42-52-54(48,49)50)53-45(47)40-38-36-34-32-30-28-25-18-16-14-12-10-8-6-4-2/h43H,3-42H2,1-2H3,(H2,48,49,50)/t43-/m1/s1. The van der Waals surface area contributed by atoms with Crippen molar-refractivity contribution < 1.29 is 37.9 Å². The topological polar surface area (TPSA) is 119 Å². The van der Waals surface area contributed by atoms with Gasteiger partial charge in [-0.1, -0.05) is 232 Å². The zero-order valence-corrected chi connectivity index (χ0v) is 36.5. The molecule has 0 aliphatic carbocycles. The molecule has 0 fully saturated rings. The fraction of sp³-hybridized carbons (Fsp3) is 0.956. The van der Waals surface area contributed by atoms with Crippen LogP contribution in [0.4, 0.5) is 0 Å². The molecular formula is C45H89O8P. The molecule has 0 bridgehead atoms. The molecule has 0 saturated carbocycles. The maximum absolute atomic E-state index is 12.4. The van der Waals surface area contributed by atoms with E-state index in [2.05, 4.69) is 18.4 Å². The number of ether oxygens (including phenoxy) is 2. The van der Waals surface area contributed by atoms with Crippen molar-refractivity contribution in [2.45, 2.75) is 264 Å². The third-order valence-electron chi connectivity index (χ3n) is 10.6. The highest BCUT2D eigenvalue weighted by atomic mass is 31.2. The van der Waals surface area contributed by atoms with Crippen LogP contribution in [0.3, 0.4) is 0 Å². The first kappa shape index (κ1) is 53.0. The van der Waals surface area contributed by atoms with Gasteiger partial charge in [-0.3, -0.25) is 14.1 Å². The number of unbranched alkanes of at least 4 members (excludes halogenated alkanes) is 34. The summed E-state index contributed by atoms with van der Waals surface area (Å²) in [6.07, 6.45) is 45.5. The van der Waals surface area contributed by atoms with Crippen LogP contribution in [-0.2, 0) is 28.2 Å². The summed E-state index contributed by atoms with van der Waals surface area (Å²) in [4.78, 5) is 42.9. The van der Waals surface area contributed by atoms with Gasteiger partial charge in [-0.05, 0) is 12.8 Å². The zero-order valence-electron chi connectivity index (χ0n) is 35.7. The first-order valence-corrected chi connectivity index (χ1v) is 24.9. The summed E-state index contributed by atoms with van der Waals surface area (Å²) < 4.78 is 26.5. The smallest absolute Gasteiger partial charge is 0.462 e. The molecule has 8 nitrogen and oxygen atoms in total. The van der Waals surface area contributed by atoms with Crippen molar-refractivity contribution in [3.8, 4) is 0 Å². The van der Waals surface area contributed by atoms with Crippen LogP contribution in [0.1, 0.15) is 258 Å². The molecule has 54 heavy (non-hydrogen) atoms. The first-order chi connectivity index (χ1) is 26.3. The van der Waals surface area contributed by atoms with E-state index < -0.39 is 32.5 Å². The minimum Gasteiger partial charge on any atom is -0.462 e. The molecule has 0 rings (SSSR count). The lowest BCUT2D eigenvalue weighted by atomic mass is 10.0. The SMILES string of the molecule is CCCCCCCCCCCCCCCCCCCCCCCC(=O)OC[C@H](COP(=O)(O)O)OC(=O)CCCCCCCCCCCCCCCCC. The van der Waals surface area contributed by atoms with E-state index in [0.717, 1.165) is 32.1 Å². The van der Waals surface area contributed by atoms with Gasteiger partial charge in [0.2, 0.25) is 0 Å². The zero-order chi connectivity index (χ0) is 39.6. The number of phosphoric acid groups is 1. The van der Waals surface area contributed by atoms with Gasteiger partial charge in [0.25, 0.3) is 0 Å². The van der Waals surface area contributed by atoms with Crippen LogP contribution >= 0.6 is 7.82 Å². The molecule has 0 amide bonds. The minimum atomic E-state index is -4.75. The van der Waals surface area contributed by atoms with E-state index in [0.29, 0.717) is 6.42 Å². The number of phosphoric ester groups is 1. The van der Waals surface area contributed by atoms with Crippen LogP contribution in [-0.4, -0.2) is 41.0 Å². The number of carbonyl (C=O) groups is 2. The van der Waals surface area contributed by atoms with Crippen molar-refractivity contribution in [1.29, 1.82) is 0 Å². The third kappa shape index (κ3) is 43.8. The Morgan fingerprint density at radius 2 is 0.667 bits per heavy atom. The summed E-state index contributed by atoms with van der Waals surface area (Å²) in [6, 6.07) is 0. The van der Waals surface area contributed by atoms with E-state index in [1.807, 2.05) is 0 Å². The summed E-state index contributed by atoms with van der Waals surface area (Å²) in [5.74, 6) is -0.864. The number of carbonyl (C=O) groups excluding carboxylic acids is 2. The lowest BCUT2D eigenvalue weighted by Gasteiger charge is -2.18. The van der Waals surface area contributed by atoms with Gasteiger partial charge in [-0.25, -0.2) is 4.57 Å². The molecule has 1 atom stereocenters. The van der Waals surface area contributed by atoms with Crippen molar-refractivity contribution in [2.24, 2.45) is 0 Å². The fourth-order valence-corrected chi connectivity index (χ4v) is 7.50. The normalized spacial score (nSPS) is 12.3. The van der Waals surface area contributed by atoms with Crippen molar-refractivity contribution >= 4 is 19.8 Å². The predicted octanol–water partition coefficient (Wildman–Crippen LogP) is 14.4. The maximum Gasteiger partial charge on any atom is 0.469 e. The molecule has 2 N–H and O–H groups in total. The van der Waals surface area contributed by atoms with Crippen molar-refractivity contribution in [3.63, 3.8) is 0 Å². The molecule has 0 aromatic heterocycles. The van der Waals surface area contributed by atoms with Crippen molar-refractivity contribution in [3.05, 3.63) is 0 Å². The number of rotatable bonds is 44. The lowest BCUT2D eigenvalue weighted by molar-refractivity contribution is -0.161. The third-order valence-corrected chi connectivity index (χ3v) is 11.1. The van der Waals surface area contributed by atoms with Crippen molar-refractivity contribution in [2.75, 3.05) is 13.2 Å². The molecule has 0 saturated heterocycles. The van der Waals surface area contributed by atoms with Gasteiger partial charge in [0.1, 0.15) is 6.61 Å². The Hall–Kier alpha value is -0.950. The Balaban J connectivity index is 3.78. The second kappa shape index (κ2) is 41.7. The van der Waals surface area contributed by atoms with Crippen LogP contribution in [0.25, 0.3) is 0 Å². The van der Waals surface area contributed by atoms with Gasteiger partial charge in [0.15, 0.2) is 6.10 Å². The Bertz CT molecular complexity index is 848. The van der Waals surface area contributed by atoms with Gasteiger partial charge in [-0.15, -0.1) is 0 Å². The average molecular weight is 789 g/mol. The average Bonchev–Trinajstić information content (AvgIpc) is 3.14. The van der Waals surface area contributed by atoms with Gasteiger partial charge < -0.3 is 19.3 Å². The number of esters is 2. The monoisotopic (exact) mass is 789 g/mol. The molecule has 0 aromatic carbocycles. The Kier molecular flexibility index (Phi) is 40.9. The van der Waals surface area contributed by atoms with E-state index in [1.54, 1.807) is 0 Å². The highest BCUT2D eigenvalue weighted by molar-refractivity contribution is 7.46. The molecular weight excluding hydrogens is 699 g/mol. The molecule has 0 aliphatic heterocycles.